The van der Waals surface area contributed by atoms with Crippen molar-refractivity contribution in [2.75, 3.05) is 10.6 Å². The topological polar surface area (TPSA) is 48.8 Å². The lowest BCUT2D eigenvalue weighted by Crippen LogP contribution is -2.28. The molecule has 7 heterocycles. The summed E-state index contributed by atoms with van der Waals surface area (Å²) in [5.41, 5.74) is 21.7. The van der Waals surface area contributed by atoms with Gasteiger partial charge in [-0.15, -0.1) is 0 Å². The Balaban J connectivity index is 1.04. The van der Waals surface area contributed by atoms with Crippen LogP contribution >= 0.6 is 0 Å². The summed E-state index contributed by atoms with van der Waals surface area (Å²) >= 11 is 0. The lowest BCUT2D eigenvalue weighted by atomic mass is 9.67. The summed E-state index contributed by atoms with van der Waals surface area (Å²) < 4.78 is 0. The maximum atomic E-state index is 5.08. The Morgan fingerprint density at radius 2 is 0.578 bits per heavy atom. The first-order chi connectivity index (χ1) is 31.3. The van der Waals surface area contributed by atoms with Crippen molar-refractivity contribution >= 4 is 34.2 Å². The molecule has 8 aromatic rings. The van der Waals surface area contributed by atoms with Crippen molar-refractivity contribution in [2.24, 2.45) is 9.98 Å². The summed E-state index contributed by atoms with van der Waals surface area (Å²) in [6.45, 7) is 8.33. The summed E-state index contributed by atoms with van der Waals surface area (Å²) in [7, 11) is 0. The number of allylic oxidation sites excluding steroid dienone is 4. The molecule has 2 aliphatic carbocycles. The van der Waals surface area contributed by atoms with E-state index in [1.165, 1.54) is 66.8 Å². The average molecular weight is 825 g/mol. The summed E-state index contributed by atoms with van der Waals surface area (Å²) in [6.07, 6.45) is 4.23. The first-order valence-electron chi connectivity index (χ1n) is 22.1. The van der Waals surface area contributed by atoms with Gasteiger partial charge in [0.2, 0.25) is 0 Å². The fourth-order valence-corrected chi connectivity index (χ4v) is 10.9. The maximum absolute atomic E-state index is 5.08. The Morgan fingerprint density at radius 1 is 0.312 bits per heavy atom. The SMILES string of the molecule is CC1=Nc2ccc(cc2)C2(c3ccc(cc3)N=C(C)/C=C(/C)Nc3ccc(cc3)C3(c4ccc(cc4)N/C(C)=C\1)c1ccccc1-c1ccccc13)c1ccccc1-c1ccccc12. The molecule has 4 heteroatoms. The smallest absolute Gasteiger partial charge is 0.0713 e. The quantitative estimate of drug-likeness (QED) is 0.160. The van der Waals surface area contributed by atoms with Gasteiger partial charge >= 0.3 is 0 Å². The van der Waals surface area contributed by atoms with E-state index in [-0.39, 0.29) is 0 Å². The van der Waals surface area contributed by atoms with Gasteiger partial charge in [0.15, 0.2) is 0 Å². The van der Waals surface area contributed by atoms with E-state index >= 15 is 0 Å². The molecule has 0 fully saturated rings. The second kappa shape index (κ2) is 15.5. The molecule has 7 aliphatic heterocycles. The first-order valence-corrected chi connectivity index (χ1v) is 22.1. The van der Waals surface area contributed by atoms with E-state index in [1.54, 1.807) is 0 Å². The van der Waals surface area contributed by atoms with Crippen LogP contribution in [0.1, 0.15) is 72.2 Å². The molecule has 308 valence electrons. The van der Waals surface area contributed by atoms with E-state index in [0.29, 0.717) is 0 Å². The molecule has 0 saturated carbocycles. The van der Waals surface area contributed by atoms with E-state index in [2.05, 4.69) is 245 Å². The van der Waals surface area contributed by atoms with Crippen LogP contribution < -0.4 is 10.6 Å². The van der Waals surface area contributed by atoms with Crippen molar-refractivity contribution in [2.45, 2.75) is 38.5 Å². The second-order valence-corrected chi connectivity index (χ2v) is 17.3. The van der Waals surface area contributed by atoms with Crippen LogP contribution in [0.3, 0.4) is 0 Å². The van der Waals surface area contributed by atoms with E-state index in [4.69, 9.17) is 9.98 Å². The first kappa shape index (κ1) is 39.1. The molecule has 0 amide bonds. The van der Waals surface area contributed by atoms with Gasteiger partial charge in [-0.1, -0.05) is 146 Å². The summed E-state index contributed by atoms with van der Waals surface area (Å²) in [6, 6.07) is 71.0. The lowest BCUT2D eigenvalue weighted by Gasteiger charge is -2.34. The number of hydrogen-bond donors (Lipinski definition) is 2. The number of nitrogens with one attached hydrogen (secondary N) is 2. The zero-order chi connectivity index (χ0) is 43.4. The molecule has 64 heavy (non-hydrogen) atoms. The molecule has 0 radical (unpaired) electrons. The van der Waals surface area contributed by atoms with Gasteiger partial charge in [0.25, 0.3) is 0 Å². The molecule has 17 rings (SSSR count). The summed E-state index contributed by atoms with van der Waals surface area (Å²) in [5, 5.41) is 7.31. The predicted octanol–water partition coefficient (Wildman–Crippen LogP) is 14.9. The number of hydrogen-bond acceptors (Lipinski definition) is 4. The third kappa shape index (κ3) is 6.28. The van der Waals surface area contributed by atoms with Gasteiger partial charge in [0, 0.05) is 34.2 Å². The standard InChI is InChI=1S/C60H48N4/c1-39-37-40(2)62-48-31-23-44(24-32-48)60(57-19-11-7-15-53(57)54-16-8-12-20-58(54)60)46-27-35-50(36-28-46)64-42(4)38-41(3)63-49-33-25-45(26-34-49)59(43-21-29-47(61-39)30-22-43)55-17-9-5-13-51(55)52-14-6-10-18-56(52)59/h5-38,61,63H,1-4H3/b39-37-,41-38-,62-40?,64-42?. The van der Waals surface area contributed by atoms with Crippen molar-refractivity contribution in [3.63, 3.8) is 0 Å². The monoisotopic (exact) mass is 824 g/mol. The van der Waals surface area contributed by atoms with Crippen LogP contribution in [0.4, 0.5) is 22.7 Å². The minimum Gasteiger partial charge on any atom is -0.359 e. The summed E-state index contributed by atoms with van der Waals surface area (Å²) in [5.74, 6) is 0. The highest BCUT2D eigenvalue weighted by atomic mass is 14.9. The number of benzene rings is 8. The van der Waals surface area contributed by atoms with Gasteiger partial charge < -0.3 is 10.6 Å². The molecule has 2 spiro atoms. The Hall–Kier alpha value is -7.82. The molecule has 8 aromatic carbocycles. The van der Waals surface area contributed by atoms with Crippen LogP contribution in [-0.2, 0) is 10.8 Å². The van der Waals surface area contributed by atoms with Gasteiger partial charge in [-0.05, 0) is 155 Å². The molecule has 0 atom stereocenters. The fourth-order valence-electron chi connectivity index (χ4n) is 10.9. The highest BCUT2D eigenvalue weighted by Gasteiger charge is 2.47. The van der Waals surface area contributed by atoms with Crippen molar-refractivity contribution < 1.29 is 0 Å². The Kier molecular flexibility index (Phi) is 9.47. The van der Waals surface area contributed by atoms with Crippen LogP contribution in [-0.4, -0.2) is 11.4 Å². The number of rotatable bonds is 0. The molecule has 0 unspecified atom stereocenters. The van der Waals surface area contributed by atoms with E-state index in [1.807, 2.05) is 0 Å². The van der Waals surface area contributed by atoms with Crippen LogP contribution in [0.15, 0.2) is 228 Å². The van der Waals surface area contributed by atoms with Crippen molar-refractivity contribution in [1.29, 1.82) is 0 Å². The van der Waals surface area contributed by atoms with Crippen molar-refractivity contribution in [3.8, 4) is 22.3 Å². The molecule has 2 N–H and O–H groups in total. The number of fused-ring (bicyclic) bond motifs is 6. The average Bonchev–Trinajstić information content (AvgIpc) is 3.78. The summed E-state index contributed by atoms with van der Waals surface area (Å²) in [4.78, 5) is 10.2. The predicted molar refractivity (Wildman–Crippen MR) is 268 cm³/mol. The molecule has 8 bridgehead atoms. The lowest BCUT2D eigenvalue weighted by molar-refractivity contribution is 0.768. The molecule has 9 aliphatic rings. The van der Waals surface area contributed by atoms with Crippen LogP contribution in [0, 0.1) is 0 Å². The molecular formula is C60H48N4. The molecular weight excluding hydrogens is 777 g/mol. The Morgan fingerprint density at radius 3 is 0.875 bits per heavy atom. The van der Waals surface area contributed by atoms with Gasteiger partial charge in [0.1, 0.15) is 0 Å². The van der Waals surface area contributed by atoms with Crippen molar-refractivity contribution in [3.05, 3.63) is 262 Å². The highest BCUT2D eigenvalue weighted by Crippen LogP contribution is 2.57. The van der Waals surface area contributed by atoms with Gasteiger partial charge in [-0.2, -0.15) is 0 Å². The van der Waals surface area contributed by atoms with E-state index < -0.39 is 10.8 Å². The molecule has 0 aromatic heterocycles. The zero-order valence-corrected chi connectivity index (χ0v) is 36.5. The minimum atomic E-state index is -0.513. The normalized spacial score (nSPS) is 17.1. The van der Waals surface area contributed by atoms with Crippen LogP contribution in [0.2, 0.25) is 0 Å². The largest absolute Gasteiger partial charge is 0.359 e. The fraction of sp³-hybridized carbons (Fsp3) is 0.100. The molecule has 0 saturated heterocycles. The van der Waals surface area contributed by atoms with E-state index in [0.717, 1.165) is 45.6 Å². The maximum Gasteiger partial charge on any atom is 0.0713 e. The van der Waals surface area contributed by atoms with Crippen LogP contribution in [0.25, 0.3) is 22.3 Å². The van der Waals surface area contributed by atoms with Gasteiger partial charge in [-0.3, -0.25) is 9.98 Å². The minimum absolute atomic E-state index is 0.496. The third-order valence-corrected chi connectivity index (χ3v) is 13.3. The van der Waals surface area contributed by atoms with E-state index in [9.17, 15) is 0 Å². The number of nitrogens with zero attached hydrogens (tertiary/aromatic N) is 2. The van der Waals surface area contributed by atoms with Crippen LogP contribution in [0.5, 0.6) is 0 Å². The van der Waals surface area contributed by atoms with Crippen molar-refractivity contribution in [1.82, 2.24) is 0 Å². The van der Waals surface area contributed by atoms with Gasteiger partial charge in [-0.25, -0.2) is 0 Å². The zero-order valence-electron chi connectivity index (χ0n) is 36.5. The number of anilines is 2. The van der Waals surface area contributed by atoms with Gasteiger partial charge in [0.05, 0.1) is 22.2 Å². The number of aliphatic imine (C=N–C) groups is 2. The Labute approximate surface area is 376 Å². The second-order valence-electron chi connectivity index (χ2n) is 17.3. The Bertz CT molecular complexity index is 3000. The molecule has 4 nitrogen and oxygen atoms in total. The third-order valence-electron chi connectivity index (χ3n) is 13.3. The highest BCUT2D eigenvalue weighted by molar-refractivity contribution is 5.96.